The number of hydrogen-bond donors (Lipinski definition) is 2. The van der Waals surface area contributed by atoms with Gasteiger partial charge in [-0.2, -0.15) is 13.2 Å². The standard InChI is InChI=1S/C15H27F3N2O/c1-14(2,3)8-12(19)9-20-13(21)10-4-6-11(7-5-10)15(16,17)18/h10-12H,4-9,19H2,1-3H3,(H,20,21). The van der Waals surface area contributed by atoms with Crippen LogP contribution in [0.3, 0.4) is 0 Å². The van der Waals surface area contributed by atoms with E-state index in [1.54, 1.807) is 0 Å². The number of nitrogens with one attached hydrogen (secondary N) is 1. The summed E-state index contributed by atoms with van der Waals surface area (Å²) in [5, 5.41) is 2.78. The Morgan fingerprint density at radius 1 is 1.19 bits per heavy atom. The Hall–Kier alpha value is -0.780. The van der Waals surface area contributed by atoms with E-state index in [0.717, 1.165) is 6.42 Å². The van der Waals surface area contributed by atoms with E-state index in [4.69, 9.17) is 5.73 Å². The molecule has 1 saturated carbocycles. The molecule has 3 nitrogen and oxygen atoms in total. The smallest absolute Gasteiger partial charge is 0.354 e. The Kier molecular flexibility index (Phi) is 6.08. The van der Waals surface area contributed by atoms with Crippen LogP contribution in [0.1, 0.15) is 52.9 Å². The second-order valence-corrected chi connectivity index (χ2v) is 7.36. The molecule has 1 aliphatic rings. The molecular weight excluding hydrogens is 281 g/mol. The van der Waals surface area contributed by atoms with Gasteiger partial charge in [-0.15, -0.1) is 0 Å². The highest BCUT2D eigenvalue weighted by Crippen LogP contribution is 2.39. The Balaban J connectivity index is 2.32. The van der Waals surface area contributed by atoms with Crippen LogP contribution in [0.25, 0.3) is 0 Å². The number of alkyl halides is 3. The van der Waals surface area contributed by atoms with E-state index in [1.165, 1.54) is 0 Å². The van der Waals surface area contributed by atoms with Crippen LogP contribution in [0.4, 0.5) is 13.2 Å². The summed E-state index contributed by atoms with van der Waals surface area (Å²) >= 11 is 0. The van der Waals surface area contributed by atoms with Crippen LogP contribution in [-0.4, -0.2) is 24.7 Å². The molecule has 1 unspecified atom stereocenters. The highest BCUT2D eigenvalue weighted by atomic mass is 19.4. The number of halogens is 3. The fraction of sp³-hybridized carbons (Fsp3) is 0.933. The minimum Gasteiger partial charge on any atom is -0.354 e. The monoisotopic (exact) mass is 308 g/mol. The van der Waals surface area contributed by atoms with Crippen LogP contribution in [0.15, 0.2) is 0 Å². The number of hydrogen-bond acceptors (Lipinski definition) is 2. The summed E-state index contributed by atoms with van der Waals surface area (Å²) in [7, 11) is 0. The van der Waals surface area contributed by atoms with Gasteiger partial charge in [-0.05, 0) is 37.5 Å². The lowest BCUT2D eigenvalue weighted by Crippen LogP contribution is -2.42. The minimum atomic E-state index is -4.13. The summed E-state index contributed by atoms with van der Waals surface area (Å²) in [4.78, 5) is 12.0. The molecule has 1 aliphatic carbocycles. The Morgan fingerprint density at radius 2 is 1.71 bits per heavy atom. The van der Waals surface area contributed by atoms with E-state index in [-0.39, 0.29) is 36.1 Å². The molecule has 0 aliphatic heterocycles. The van der Waals surface area contributed by atoms with Crippen molar-refractivity contribution in [2.24, 2.45) is 23.0 Å². The third-order valence-electron chi connectivity index (χ3n) is 3.97. The lowest BCUT2D eigenvalue weighted by Gasteiger charge is -2.29. The van der Waals surface area contributed by atoms with Crippen molar-refractivity contribution in [2.75, 3.05) is 6.54 Å². The van der Waals surface area contributed by atoms with Crippen molar-refractivity contribution in [1.29, 1.82) is 0 Å². The van der Waals surface area contributed by atoms with Crippen molar-refractivity contribution < 1.29 is 18.0 Å². The van der Waals surface area contributed by atoms with E-state index >= 15 is 0 Å². The van der Waals surface area contributed by atoms with Gasteiger partial charge < -0.3 is 11.1 Å². The second kappa shape index (κ2) is 6.99. The zero-order valence-electron chi connectivity index (χ0n) is 13.1. The lowest BCUT2D eigenvalue weighted by atomic mass is 9.81. The SMILES string of the molecule is CC(C)(C)CC(N)CNC(=O)C1CCC(C(F)(F)F)CC1. The number of amides is 1. The first-order valence-electron chi connectivity index (χ1n) is 7.59. The topological polar surface area (TPSA) is 55.1 Å². The van der Waals surface area contributed by atoms with Crippen LogP contribution >= 0.6 is 0 Å². The molecule has 0 bridgehead atoms. The summed E-state index contributed by atoms with van der Waals surface area (Å²) in [6.45, 7) is 6.61. The van der Waals surface area contributed by atoms with Gasteiger partial charge in [-0.1, -0.05) is 20.8 Å². The van der Waals surface area contributed by atoms with Crippen molar-refractivity contribution in [3.05, 3.63) is 0 Å². The molecule has 1 amide bonds. The zero-order chi connectivity index (χ0) is 16.3. The maximum Gasteiger partial charge on any atom is 0.391 e. The Bertz CT molecular complexity index is 342. The molecule has 0 saturated heterocycles. The lowest BCUT2D eigenvalue weighted by molar-refractivity contribution is -0.184. The average Bonchev–Trinajstić information content (AvgIpc) is 2.33. The number of carbonyl (C=O) groups is 1. The quantitative estimate of drug-likeness (QED) is 0.837. The van der Waals surface area contributed by atoms with Crippen LogP contribution < -0.4 is 11.1 Å². The summed E-state index contributed by atoms with van der Waals surface area (Å²) in [6.07, 6.45) is -2.62. The molecule has 3 N–H and O–H groups in total. The molecular formula is C15H27F3N2O. The van der Waals surface area contributed by atoms with Gasteiger partial charge in [0.2, 0.25) is 5.91 Å². The van der Waals surface area contributed by atoms with Gasteiger partial charge in [0.1, 0.15) is 0 Å². The summed E-state index contributed by atoms with van der Waals surface area (Å²) in [5.74, 6) is -1.70. The first-order valence-corrected chi connectivity index (χ1v) is 7.59. The predicted octanol–water partition coefficient (Wildman–Crippen LogP) is 3.23. The summed E-state index contributed by atoms with van der Waals surface area (Å²) in [5.41, 5.74) is 6.05. The molecule has 0 spiro atoms. The third kappa shape index (κ3) is 6.68. The molecule has 124 valence electrons. The molecule has 1 rings (SSSR count). The Morgan fingerprint density at radius 3 is 2.14 bits per heavy atom. The Labute approximate surface area is 124 Å². The normalized spacial score (nSPS) is 25.5. The second-order valence-electron chi connectivity index (χ2n) is 7.36. The molecule has 0 aromatic rings. The highest BCUT2D eigenvalue weighted by Gasteiger charge is 2.42. The molecule has 21 heavy (non-hydrogen) atoms. The first-order chi connectivity index (χ1) is 9.49. The first kappa shape index (κ1) is 18.3. The average molecular weight is 308 g/mol. The summed E-state index contributed by atoms with van der Waals surface area (Å²) < 4.78 is 37.7. The van der Waals surface area contributed by atoms with Gasteiger partial charge in [0, 0.05) is 18.5 Å². The maximum atomic E-state index is 12.6. The molecule has 0 heterocycles. The van der Waals surface area contributed by atoms with Gasteiger partial charge >= 0.3 is 6.18 Å². The fourth-order valence-electron chi connectivity index (χ4n) is 2.92. The van der Waals surface area contributed by atoms with E-state index < -0.39 is 12.1 Å². The van der Waals surface area contributed by atoms with E-state index in [9.17, 15) is 18.0 Å². The van der Waals surface area contributed by atoms with Crippen molar-refractivity contribution in [3.8, 4) is 0 Å². The summed E-state index contributed by atoms with van der Waals surface area (Å²) in [6, 6.07) is -0.125. The molecule has 6 heteroatoms. The molecule has 0 aromatic carbocycles. The fourth-order valence-corrected chi connectivity index (χ4v) is 2.92. The van der Waals surface area contributed by atoms with Crippen LogP contribution in [-0.2, 0) is 4.79 Å². The minimum absolute atomic E-state index is 0.0512. The molecule has 1 atom stereocenters. The number of carbonyl (C=O) groups excluding carboxylic acids is 1. The third-order valence-corrected chi connectivity index (χ3v) is 3.97. The zero-order valence-corrected chi connectivity index (χ0v) is 13.1. The van der Waals surface area contributed by atoms with Gasteiger partial charge in [0.15, 0.2) is 0 Å². The van der Waals surface area contributed by atoms with Gasteiger partial charge in [0.25, 0.3) is 0 Å². The van der Waals surface area contributed by atoms with Crippen molar-refractivity contribution in [1.82, 2.24) is 5.32 Å². The number of rotatable bonds is 4. The molecule has 1 fully saturated rings. The van der Waals surface area contributed by atoms with Gasteiger partial charge in [-0.25, -0.2) is 0 Å². The van der Waals surface area contributed by atoms with E-state index in [1.807, 2.05) is 0 Å². The molecule has 0 aromatic heterocycles. The van der Waals surface area contributed by atoms with Crippen LogP contribution in [0.2, 0.25) is 0 Å². The van der Waals surface area contributed by atoms with Gasteiger partial charge in [-0.3, -0.25) is 4.79 Å². The predicted molar refractivity (Wildman–Crippen MR) is 76.6 cm³/mol. The van der Waals surface area contributed by atoms with Gasteiger partial charge in [0.05, 0.1) is 5.92 Å². The van der Waals surface area contributed by atoms with E-state index in [0.29, 0.717) is 19.4 Å². The highest BCUT2D eigenvalue weighted by molar-refractivity contribution is 5.78. The number of nitrogens with two attached hydrogens (primary N) is 1. The van der Waals surface area contributed by atoms with Crippen LogP contribution in [0.5, 0.6) is 0 Å². The van der Waals surface area contributed by atoms with Crippen molar-refractivity contribution in [3.63, 3.8) is 0 Å². The van der Waals surface area contributed by atoms with Crippen LogP contribution in [0, 0.1) is 17.3 Å². The maximum absolute atomic E-state index is 12.6. The van der Waals surface area contributed by atoms with Crippen molar-refractivity contribution >= 4 is 5.91 Å². The van der Waals surface area contributed by atoms with E-state index in [2.05, 4.69) is 26.1 Å². The van der Waals surface area contributed by atoms with Crippen molar-refractivity contribution in [2.45, 2.75) is 65.1 Å². The largest absolute Gasteiger partial charge is 0.391 e. The molecule has 0 radical (unpaired) electrons.